The van der Waals surface area contributed by atoms with Crippen LogP contribution in [0, 0.1) is 5.92 Å². The van der Waals surface area contributed by atoms with E-state index in [1.54, 1.807) is 0 Å². The lowest BCUT2D eigenvalue weighted by Gasteiger charge is -2.24. The van der Waals surface area contributed by atoms with Crippen LogP contribution in [0.1, 0.15) is 51.1 Å². The van der Waals surface area contributed by atoms with Crippen LogP contribution in [0.25, 0.3) is 21.9 Å². The second-order valence-electron chi connectivity index (χ2n) is 11.0. The van der Waals surface area contributed by atoms with E-state index in [9.17, 15) is 0 Å². The van der Waals surface area contributed by atoms with Gasteiger partial charge >= 0.3 is 0 Å². The Morgan fingerprint density at radius 3 is 2.78 bits per heavy atom. The van der Waals surface area contributed by atoms with Crippen LogP contribution in [0.4, 0.5) is 11.6 Å². The van der Waals surface area contributed by atoms with Crippen molar-refractivity contribution in [2.75, 3.05) is 11.1 Å². The molecule has 3 aliphatic rings. The number of aryl methyl sites for hydroxylation is 1. The molecule has 0 bridgehead atoms. The molecule has 36 heavy (non-hydrogen) atoms. The highest BCUT2D eigenvalue weighted by Gasteiger charge is 2.54. The Morgan fingerprint density at radius 2 is 1.92 bits per heavy atom. The maximum Gasteiger partial charge on any atom is 0.163 e. The molecule has 4 atom stereocenters. The molecule has 0 amide bonds. The second-order valence-corrected chi connectivity index (χ2v) is 11.0. The molecule has 3 aromatic heterocycles. The zero-order valence-corrected chi connectivity index (χ0v) is 20.7. The highest BCUT2D eigenvalue weighted by molar-refractivity contribution is 5.86. The summed E-state index contributed by atoms with van der Waals surface area (Å²) in [5, 5.41) is 5.57. The fourth-order valence-corrected chi connectivity index (χ4v) is 6.06. The van der Waals surface area contributed by atoms with Crippen molar-refractivity contribution < 1.29 is 9.47 Å². The molecule has 1 aromatic carbocycles. The predicted octanol–water partition coefficient (Wildman–Crippen LogP) is 4.85. The summed E-state index contributed by atoms with van der Waals surface area (Å²) in [5.41, 5.74) is 9.32. The summed E-state index contributed by atoms with van der Waals surface area (Å²) in [6.07, 6.45) is 9.09. The number of nitrogen functional groups attached to an aromatic ring is 1. The Balaban J connectivity index is 1.13. The Labute approximate surface area is 210 Å². The first-order chi connectivity index (χ1) is 17.4. The quantitative estimate of drug-likeness (QED) is 0.403. The molecule has 186 valence electrons. The number of aromatic nitrogens is 4. The summed E-state index contributed by atoms with van der Waals surface area (Å²) in [6.45, 7) is 4.02. The zero-order valence-electron chi connectivity index (χ0n) is 20.7. The first-order valence-corrected chi connectivity index (χ1v) is 13.0. The summed E-state index contributed by atoms with van der Waals surface area (Å²) >= 11 is 0. The summed E-state index contributed by atoms with van der Waals surface area (Å²) in [5.74, 6) is 1.27. The van der Waals surface area contributed by atoms with Crippen molar-refractivity contribution >= 4 is 33.6 Å². The van der Waals surface area contributed by atoms with Crippen molar-refractivity contribution in [2.45, 2.75) is 76.0 Å². The standard InChI is InChI=1S/C28H32N6O2/c1-28(2)35-24-18(14-22(25(24)36-28)34-12-11-20-26(29)30-15-31-27(20)34)6-4-16-3-5-17-7-10-23(32-19-8-9-19)33-21(17)13-16/h3,5,7,10-13,15,18-19,22,24-25H,4,6,8-9,14H2,1-2H3,(H,32,33)(H2,29,30,31)/t18-,22+,24+,25-/m0/s1. The minimum Gasteiger partial charge on any atom is -0.383 e. The molecule has 4 aromatic rings. The Kier molecular flexibility index (Phi) is 4.98. The van der Waals surface area contributed by atoms with Crippen molar-refractivity contribution in [2.24, 2.45) is 5.92 Å². The number of nitrogens with zero attached hydrogens (tertiary/aromatic N) is 4. The molecular formula is C28H32N6O2. The topological polar surface area (TPSA) is 100 Å². The third-order valence-electron chi connectivity index (χ3n) is 7.94. The van der Waals surface area contributed by atoms with Gasteiger partial charge in [0.1, 0.15) is 29.7 Å². The number of rotatable bonds is 6. The number of ether oxygens (including phenoxy) is 2. The van der Waals surface area contributed by atoms with Crippen LogP contribution >= 0.6 is 0 Å². The molecule has 4 heterocycles. The summed E-state index contributed by atoms with van der Waals surface area (Å²) in [6, 6.07) is 13.6. The molecule has 2 saturated carbocycles. The Morgan fingerprint density at radius 1 is 1.08 bits per heavy atom. The van der Waals surface area contributed by atoms with Gasteiger partial charge in [-0.2, -0.15) is 0 Å². The maximum absolute atomic E-state index is 6.45. The van der Waals surface area contributed by atoms with E-state index in [1.165, 1.54) is 30.1 Å². The fourth-order valence-electron chi connectivity index (χ4n) is 6.06. The molecule has 0 spiro atoms. The number of benzene rings is 1. The van der Waals surface area contributed by atoms with Crippen molar-refractivity contribution in [3.8, 4) is 0 Å². The first kappa shape index (κ1) is 22.0. The molecule has 3 fully saturated rings. The van der Waals surface area contributed by atoms with Crippen molar-refractivity contribution in [1.82, 2.24) is 19.5 Å². The smallest absolute Gasteiger partial charge is 0.163 e. The van der Waals surface area contributed by atoms with Gasteiger partial charge in [-0.1, -0.05) is 12.1 Å². The van der Waals surface area contributed by atoms with Crippen LogP contribution in [0.2, 0.25) is 0 Å². The number of nitrogens with two attached hydrogens (primary N) is 1. The zero-order chi connectivity index (χ0) is 24.4. The van der Waals surface area contributed by atoms with Crippen molar-refractivity contribution in [3.05, 3.63) is 54.5 Å². The fraction of sp³-hybridized carbons (Fsp3) is 0.464. The molecular weight excluding hydrogens is 452 g/mol. The van der Waals surface area contributed by atoms with Gasteiger partial charge in [-0.05, 0) is 81.7 Å². The van der Waals surface area contributed by atoms with Crippen molar-refractivity contribution in [1.29, 1.82) is 0 Å². The first-order valence-electron chi connectivity index (χ1n) is 13.0. The van der Waals surface area contributed by atoms with E-state index in [2.05, 4.69) is 56.4 Å². The Bertz CT molecular complexity index is 1440. The molecule has 1 saturated heterocycles. The molecule has 2 aliphatic carbocycles. The largest absolute Gasteiger partial charge is 0.383 e. The van der Waals surface area contributed by atoms with E-state index in [4.69, 9.17) is 20.2 Å². The van der Waals surface area contributed by atoms with Gasteiger partial charge in [0.2, 0.25) is 0 Å². The minimum absolute atomic E-state index is 0.0221. The highest BCUT2D eigenvalue weighted by atomic mass is 16.8. The van der Waals surface area contributed by atoms with E-state index in [0.717, 1.165) is 41.6 Å². The lowest BCUT2D eigenvalue weighted by molar-refractivity contribution is -0.160. The van der Waals surface area contributed by atoms with E-state index < -0.39 is 5.79 Å². The summed E-state index contributed by atoms with van der Waals surface area (Å²) in [4.78, 5) is 13.6. The van der Waals surface area contributed by atoms with Gasteiger partial charge in [0.05, 0.1) is 23.0 Å². The van der Waals surface area contributed by atoms with Crippen LogP contribution in [0.15, 0.2) is 48.9 Å². The van der Waals surface area contributed by atoms with Gasteiger partial charge in [-0.25, -0.2) is 15.0 Å². The average molecular weight is 485 g/mol. The molecule has 8 nitrogen and oxygen atoms in total. The van der Waals surface area contributed by atoms with Crippen LogP contribution in [-0.4, -0.2) is 43.6 Å². The number of fused-ring (bicyclic) bond motifs is 3. The highest BCUT2D eigenvalue weighted by Crippen LogP contribution is 2.49. The average Bonchev–Trinajstić information content (AvgIpc) is 3.33. The van der Waals surface area contributed by atoms with Gasteiger partial charge in [0.25, 0.3) is 0 Å². The number of pyridine rings is 1. The number of hydrogen-bond donors (Lipinski definition) is 2. The number of hydrogen-bond acceptors (Lipinski definition) is 7. The van der Waals surface area contributed by atoms with E-state index in [1.807, 2.05) is 19.9 Å². The normalized spacial score (nSPS) is 27.1. The van der Waals surface area contributed by atoms with Crippen LogP contribution < -0.4 is 11.1 Å². The van der Waals surface area contributed by atoms with Crippen molar-refractivity contribution in [3.63, 3.8) is 0 Å². The molecule has 1 aliphatic heterocycles. The number of nitrogens with one attached hydrogen (secondary N) is 1. The summed E-state index contributed by atoms with van der Waals surface area (Å²) < 4.78 is 15.1. The third kappa shape index (κ3) is 3.89. The predicted molar refractivity (Wildman–Crippen MR) is 140 cm³/mol. The molecule has 0 unspecified atom stereocenters. The molecule has 8 heteroatoms. The van der Waals surface area contributed by atoms with E-state index in [0.29, 0.717) is 17.8 Å². The third-order valence-corrected chi connectivity index (χ3v) is 7.94. The van der Waals surface area contributed by atoms with E-state index >= 15 is 0 Å². The van der Waals surface area contributed by atoms with Crippen LogP contribution in [0.3, 0.4) is 0 Å². The lowest BCUT2D eigenvalue weighted by atomic mass is 9.95. The van der Waals surface area contributed by atoms with Gasteiger partial charge in [-0.15, -0.1) is 0 Å². The molecule has 0 radical (unpaired) electrons. The van der Waals surface area contributed by atoms with E-state index in [-0.39, 0.29) is 18.2 Å². The van der Waals surface area contributed by atoms with Gasteiger partial charge < -0.3 is 25.1 Å². The van der Waals surface area contributed by atoms with Gasteiger partial charge in [-0.3, -0.25) is 0 Å². The molecule has 3 N–H and O–H groups in total. The second kappa shape index (κ2) is 8.15. The SMILES string of the molecule is CC1(C)O[C@@H]2[C@@H](CCc3ccc4ccc(NC5CC5)nc4c3)C[C@@H](n3ccc4c(N)ncnc43)[C@@H]2O1. The van der Waals surface area contributed by atoms with Gasteiger partial charge in [0.15, 0.2) is 5.79 Å². The lowest BCUT2D eigenvalue weighted by Crippen LogP contribution is -2.27. The Hall–Kier alpha value is -3.23. The molecule has 7 rings (SSSR count). The summed E-state index contributed by atoms with van der Waals surface area (Å²) in [7, 11) is 0. The number of anilines is 2. The van der Waals surface area contributed by atoms with Gasteiger partial charge in [0, 0.05) is 17.6 Å². The van der Waals surface area contributed by atoms with Crippen LogP contribution in [-0.2, 0) is 15.9 Å². The van der Waals surface area contributed by atoms with Crippen LogP contribution in [0.5, 0.6) is 0 Å². The monoisotopic (exact) mass is 484 g/mol. The maximum atomic E-state index is 6.45. The minimum atomic E-state index is -0.596.